The van der Waals surface area contributed by atoms with Crippen molar-refractivity contribution >= 4 is 16.7 Å². The largest absolute Gasteiger partial charge is 0.391 e. The van der Waals surface area contributed by atoms with E-state index in [4.69, 9.17) is 0 Å². The molecule has 1 aliphatic carbocycles. The summed E-state index contributed by atoms with van der Waals surface area (Å²) in [6, 6.07) is 6.42. The number of aromatic nitrogens is 4. The van der Waals surface area contributed by atoms with Crippen LogP contribution in [0.15, 0.2) is 43.0 Å². The molecule has 2 aromatic heterocycles. The molecule has 0 bridgehead atoms. The first-order valence-electron chi connectivity index (χ1n) is 7.07. The third-order valence-electron chi connectivity index (χ3n) is 4.07. The van der Waals surface area contributed by atoms with Gasteiger partial charge in [0.25, 0.3) is 0 Å². The van der Waals surface area contributed by atoms with E-state index in [1.54, 1.807) is 23.0 Å². The Bertz CT molecular complexity index is 807. The first kappa shape index (κ1) is 13.1. The zero-order chi connectivity index (χ0) is 15.1. The van der Waals surface area contributed by atoms with Crippen molar-refractivity contribution in [2.45, 2.75) is 24.6 Å². The lowest BCUT2D eigenvalue weighted by molar-refractivity contribution is 0.0133. The van der Waals surface area contributed by atoms with E-state index in [0.29, 0.717) is 17.6 Å². The van der Waals surface area contributed by atoms with E-state index in [9.17, 15) is 9.50 Å². The Hall–Kier alpha value is -2.54. The second kappa shape index (κ2) is 5.03. The van der Waals surface area contributed by atoms with Gasteiger partial charge in [-0.05, 0) is 24.6 Å². The molecule has 0 spiro atoms. The summed E-state index contributed by atoms with van der Waals surface area (Å²) in [6.07, 6.45) is 4.97. The molecule has 6 nitrogen and oxygen atoms in total. The third kappa shape index (κ3) is 2.01. The van der Waals surface area contributed by atoms with Gasteiger partial charge in [-0.15, -0.1) is 0 Å². The number of fused-ring (bicyclic) bond motifs is 1. The molecular formula is C15H14FN5O. The Labute approximate surface area is 125 Å². The molecule has 0 radical (unpaired) electrons. The van der Waals surface area contributed by atoms with Crippen molar-refractivity contribution in [1.82, 2.24) is 19.7 Å². The molecule has 2 heterocycles. The maximum atomic E-state index is 13.8. The molecule has 3 aromatic rings. The summed E-state index contributed by atoms with van der Waals surface area (Å²) in [5.41, 5.74) is 0.288. The van der Waals surface area contributed by atoms with Crippen LogP contribution in [-0.2, 0) is 0 Å². The fraction of sp³-hybridized carbons (Fsp3) is 0.267. The predicted octanol–water partition coefficient (Wildman–Crippen LogP) is 1.75. The average molecular weight is 299 g/mol. The highest BCUT2D eigenvalue weighted by Crippen LogP contribution is 2.35. The summed E-state index contributed by atoms with van der Waals surface area (Å²) in [6.45, 7) is 0. The Morgan fingerprint density at radius 2 is 2.18 bits per heavy atom. The highest BCUT2D eigenvalue weighted by atomic mass is 19.1. The predicted molar refractivity (Wildman–Crippen MR) is 78.8 cm³/mol. The number of hydrogen-bond acceptors (Lipinski definition) is 5. The van der Waals surface area contributed by atoms with Crippen molar-refractivity contribution in [3.8, 4) is 0 Å². The van der Waals surface area contributed by atoms with Crippen LogP contribution in [-0.4, -0.2) is 37.0 Å². The summed E-state index contributed by atoms with van der Waals surface area (Å²) in [7, 11) is 0. The van der Waals surface area contributed by atoms with E-state index < -0.39 is 6.10 Å². The molecule has 4 rings (SSSR count). The second-order valence-corrected chi connectivity index (χ2v) is 5.39. The van der Waals surface area contributed by atoms with Gasteiger partial charge in [0, 0.05) is 17.8 Å². The maximum Gasteiger partial charge on any atom is 0.149 e. The number of para-hydroxylation sites is 1. The summed E-state index contributed by atoms with van der Waals surface area (Å²) >= 11 is 0. The number of nitrogens with one attached hydrogen (secondary N) is 1. The minimum absolute atomic E-state index is 0.0173. The van der Waals surface area contributed by atoms with Gasteiger partial charge >= 0.3 is 0 Å². The van der Waals surface area contributed by atoms with Gasteiger partial charge in [-0.3, -0.25) is 4.68 Å². The van der Waals surface area contributed by atoms with E-state index in [-0.39, 0.29) is 23.4 Å². The lowest BCUT2D eigenvalue weighted by Crippen LogP contribution is -2.51. The van der Waals surface area contributed by atoms with E-state index >= 15 is 0 Å². The number of aliphatic hydroxyl groups is 1. The summed E-state index contributed by atoms with van der Waals surface area (Å²) in [5.74, 6) is 0.193. The van der Waals surface area contributed by atoms with Gasteiger partial charge in [-0.1, -0.05) is 6.07 Å². The molecule has 1 saturated carbocycles. The number of rotatable bonds is 3. The smallest absolute Gasteiger partial charge is 0.149 e. The highest BCUT2D eigenvalue weighted by Gasteiger charge is 2.42. The zero-order valence-electron chi connectivity index (χ0n) is 11.6. The van der Waals surface area contributed by atoms with Gasteiger partial charge in [0.1, 0.15) is 23.5 Å². The topological polar surface area (TPSA) is 75.9 Å². The van der Waals surface area contributed by atoms with Gasteiger partial charge in [0.15, 0.2) is 0 Å². The van der Waals surface area contributed by atoms with Crippen LogP contribution < -0.4 is 5.32 Å². The molecule has 0 saturated heterocycles. The van der Waals surface area contributed by atoms with Crippen LogP contribution in [0.1, 0.15) is 12.5 Å². The average Bonchev–Trinajstić information content (AvgIpc) is 3.01. The molecule has 1 aromatic carbocycles. The molecule has 2 N–H and O–H groups in total. The molecular weight excluding hydrogens is 285 g/mol. The van der Waals surface area contributed by atoms with Gasteiger partial charge < -0.3 is 10.4 Å². The Morgan fingerprint density at radius 3 is 2.95 bits per heavy atom. The number of halogens is 1. The Balaban J connectivity index is 1.66. The van der Waals surface area contributed by atoms with Crippen molar-refractivity contribution in [2.75, 3.05) is 5.32 Å². The molecule has 3 unspecified atom stereocenters. The fourth-order valence-corrected chi connectivity index (χ4v) is 2.92. The van der Waals surface area contributed by atoms with Crippen LogP contribution in [0.5, 0.6) is 0 Å². The van der Waals surface area contributed by atoms with Crippen molar-refractivity contribution in [3.63, 3.8) is 0 Å². The second-order valence-electron chi connectivity index (χ2n) is 5.39. The van der Waals surface area contributed by atoms with E-state index in [0.717, 1.165) is 0 Å². The van der Waals surface area contributed by atoms with Crippen LogP contribution in [0.25, 0.3) is 10.9 Å². The molecule has 0 amide bonds. The lowest BCUT2D eigenvalue weighted by Gasteiger charge is -2.42. The first-order valence-corrected chi connectivity index (χ1v) is 7.07. The number of benzene rings is 1. The summed E-state index contributed by atoms with van der Waals surface area (Å²) < 4.78 is 15.5. The number of hydrogen-bond donors (Lipinski definition) is 2. The van der Waals surface area contributed by atoms with Crippen molar-refractivity contribution in [2.24, 2.45) is 0 Å². The fourth-order valence-electron chi connectivity index (χ4n) is 2.92. The number of anilines is 1. The van der Waals surface area contributed by atoms with Crippen molar-refractivity contribution in [3.05, 3.63) is 48.8 Å². The standard InChI is InChI=1S/C15H14FN5O/c16-10-4-1-3-9-13(10)17-8-18-15(9)20-11-7-12(22)14(11)21-6-2-5-19-21/h1-6,8,11-12,14,22H,7H2,(H,17,18,20). The molecule has 7 heteroatoms. The highest BCUT2D eigenvalue weighted by molar-refractivity contribution is 5.89. The molecule has 3 atom stereocenters. The van der Waals surface area contributed by atoms with E-state index in [1.807, 2.05) is 12.3 Å². The van der Waals surface area contributed by atoms with Crippen LogP contribution >= 0.6 is 0 Å². The van der Waals surface area contributed by atoms with Gasteiger partial charge in [0.05, 0.1) is 18.2 Å². The van der Waals surface area contributed by atoms with Crippen LogP contribution in [0.2, 0.25) is 0 Å². The number of nitrogens with zero attached hydrogens (tertiary/aromatic N) is 4. The van der Waals surface area contributed by atoms with Crippen LogP contribution in [0.3, 0.4) is 0 Å². The zero-order valence-corrected chi connectivity index (χ0v) is 11.6. The Morgan fingerprint density at radius 1 is 1.27 bits per heavy atom. The minimum atomic E-state index is -0.456. The van der Waals surface area contributed by atoms with Crippen molar-refractivity contribution < 1.29 is 9.50 Å². The van der Waals surface area contributed by atoms with Crippen LogP contribution in [0, 0.1) is 5.82 Å². The first-order chi connectivity index (χ1) is 10.7. The maximum absolute atomic E-state index is 13.8. The monoisotopic (exact) mass is 299 g/mol. The Kier molecular flexibility index (Phi) is 3.00. The molecule has 22 heavy (non-hydrogen) atoms. The third-order valence-corrected chi connectivity index (χ3v) is 4.07. The van der Waals surface area contributed by atoms with Gasteiger partial charge in [-0.25, -0.2) is 14.4 Å². The molecule has 0 aliphatic heterocycles. The van der Waals surface area contributed by atoms with E-state index in [2.05, 4.69) is 20.4 Å². The summed E-state index contributed by atoms with van der Waals surface area (Å²) in [4.78, 5) is 8.19. The van der Waals surface area contributed by atoms with Gasteiger partial charge in [0.2, 0.25) is 0 Å². The SMILES string of the molecule is OC1CC(Nc2ncnc3c(F)cccc23)C1n1cccn1. The van der Waals surface area contributed by atoms with Gasteiger partial charge in [-0.2, -0.15) is 5.10 Å². The minimum Gasteiger partial charge on any atom is -0.391 e. The molecule has 1 aliphatic rings. The normalized spacial score (nSPS) is 24.2. The quantitative estimate of drug-likeness (QED) is 0.770. The van der Waals surface area contributed by atoms with Crippen LogP contribution in [0.4, 0.5) is 10.2 Å². The molecule has 112 valence electrons. The lowest BCUT2D eigenvalue weighted by atomic mass is 9.83. The van der Waals surface area contributed by atoms with E-state index in [1.165, 1.54) is 12.4 Å². The number of aliphatic hydroxyl groups excluding tert-OH is 1. The summed E-state index contributed by atoms with van der Waals surface area (Å²) in [5, 5.41) is 18.1. The molecule has 1 fully saturated rings. The van der Waals surface area contributed by atoms with Crippen molar-refractivity contribution in [1.29, 1.82) is 0 Å².